The Labute approximate surface area is 182 Å². The van der Waals surface area contributed by atoms with Gasteiger partial charge >= 0.3 is 0 Å². The van der Waals surface area contributed by atoms with Crippen LogP contribution in [-0.2, 0) is 19.5 Å². The van der Waals surface area contributed by atoms with Crippen molar-refractivity contribution in [2.45, 2.75) is 45.7 Å². The Morgan fingerprint density at radius 1 is 1.07 bits per heavy atom. The highest BCUT2D eigenvalue weighted by molar-refractivity contribution is 7.71. The minimum absolute atomic E-state index is 0.578. The first-order valence-corrected chi connectivity index (χ1v) is 11.3. The van der Waals surface area contributed by atoms with Crippen LogP contribution in [0.5, 0.6) is 0 Å². The molecule has 1 fully saturated rings. The zero-order valence-electron chi connectivity index (χ0n) is 17.5. The van der Waals surface area contributed by atoms with Gasteiger partial charge in [0.2, 0.25) is 0 Å². The van der Waals surface area contributed by atoms with Crippen molar-refractivity contribution in [2.75, 3.05) is 24.5 Å². The molecule has 0 atom stereocenters. The molecule has 1 N–H and O–H groups in total. The van der Waals surface area contributed by atoms with Gasteiger partial charge in [0.1, 0.15) is 5.82 Å². The average molecular weight is 421 g/mol. The van der Waals surface area contributed by atoms with Gasteiger partial charge in [0.15, 0.2) is 4.77 Å². The molecule has 6 nitrogen and oxygen atoms in total. The molecular weight excluding hydrogens is 392 g/mol. The third-order valence-corrected chi connectivity index (χ3v) is 6.46. The van der Waals surface area contributed by atoms with E-state index in [1.165, 1.54) is 41.9 Å². The van der Waals surface area contributed by atoms with E-state index >= 15 is 0 Å². The van der Waals surface area contributed by atoms with Gasteiger partial charge in [-0.3, -0.25) is 4.90 Å². The minimum Gasteiger partial charge on any atom is -0.356 e. The van der Waals surface area contributed by atoms with Crippen LogP contribution in [0.3, 0.4) is 0 Å². The summed E-state index contributed by atoms with van der Waals surface area (Å²) in [5, 5.41) is 4.99. The maximum absolute atomic E-state index is 5.19. The van der Waals surface area contributed by atoms with Crippen LogP contribution in [0.25, 0.3) is 5.69 Å². The fourth-order valence-corrected chi connectivity index (χ4v) is 4.85. The molecule has 1 saturated heterocycles. The predicted octanol–water partition coefficient (Wildman–Crippen LogP) is 4.18. The molecular formula is C23H28N6S. The summed E-state index contributed by atoms with van der Waals surface area (Å²) in [5.74, 6) is 1.27. The van der Waals surface area contributed by atoms with Crippen molar-refractivity contribution >= 4 is 18.0 Å². The Morgan fingerprint density at radius 3 is 2.67 bits per heavy atom. The van der Waals surface area contributed by atoms with Crippen LogP contribution >= 0.6 is 12.2 Å². The summed E-state index contributed by atoms with van der Waals surface area (Å²) in [6, 6.07) is 10.5. The molecule has 0 unspecified atom stereocenters. The molecule has 0 radical (unpaired) electrons. The summed E-state index contributed by atoms with van der Waals surface area (Å²) >= 11 is 5.19. The monoisotopic (exact) mass is 420 g/mol. The fourth-order valence-electron chi connectivity index (χ4n) is 4.68. The van der Waals surface area contributed by atoms with E-state index in [1.807, 2.05) is 6.20 Å². The Morgan fingerprint density at radius 2 is 1.87 bits per heavy atom. The van der Waals surface area contributed by atoms with Crippen molar-refractivity contribution in [1.29, 1.82) is 0 Å². The maximum atomic E-state index is 5.19. The van der Waals surface area contributed by atoms with E-state index < -0.39 is 0 Å². The van der Waals surface area contributed by atoms with Crippen LogP contribution in [0.1, 0.15) is 41.8 Å². The average Bonchev–Trinajstić information content (AvgIpc) is 3.11. The summed E-state index contributed by atoms with van der Waals surface area (Å²) in [4.78, 5) is 12.6. The van der Waals surface area contributed by atoms with Gasteiger partial charge in [-0.05, 0) is 50.5 Å². The number of rotatable bonds is 4. The number of hydrogen-bond acceptors (Lipinski definition) is 5. The molecule has 1 aromatic carbocycles. The normalized spacial score (nSPS) is 17.2. The molecule has 3 aromatic rings. The second-order valence-electron chi connectivity index (χ2n) is 8.34. The van der Waals surface area contributed by atoms with Crippen LogP contribution in [0.4, 0.5) is 5.82 Å². The third-order valence-electron chi connectivity index (χ3n) is 6.25. The quantitative estimate of drug-likeness (QED) is 0.642. The number of benzene rings is 1. The number of fused-ring (bicyclic) bond motifs is 1. The molecule has 4 heterocycles. The number of para-hydroxylation sites is 1. The lowest BCUT2D eigenvalue weighted by molar-refractivity contribution is 0.242. The highest BCUT2D eigenvalue weighted by Gasteiger charge is 2.26. The van der Waals surface area contributed by atoms with Crippen molar-refractivity contribution in [3.05, 3.63) is 63.8 Å². The predicted molar refractivity (Wildman–Crippen MR) is 122 cm³/mol. The Bertz CT molecular complexity index is 1080. The molecule has 7 heteroatoms. The summed E-state index contributed by atoms with van der Waals surface area (Å²) in [5.41, 5.74) is 6.09. The van der Waals surface area contributed by atoms with E-state index in [-0.39, 0.29) is 0 Å². The summed E-state index contributed by atoms with van der Waals surface area (Å²) in [6.45, 7) is 7.17. The first-order valence-electron chi connectivity index (χ1n) is 10.9. The van der Waals surface area contributed by atoms with Gasteiger partial charge < -0.3 is 9.88 Å². The molecule has 0 saturated carbocycles. The number of anilines is 1. The maximum Gasteiger partial charge on any atom is 0.196 e. The SMILES string of the molecule is Cc1nn(-c2ccccc2)c(N2CCCCC2)c1CN1CCc2[nH]c(=S)ncc2C1. The second kappa shape index (κ2) is 8.32. The highest BCUT2D eigenvalue weighted by atomic mass is 32.1. The lowest BCUT2D eigenvalue weighted by Gasteiger charge is -2.32. The number of hydrogen-bond donors (Lipinski definition) is 1. The standard InChI is InChI=1S/C23H28N6S/c1-17-20(16-27-13-10-21-18(15-27)14-24-23(30)25-21)22(28-11-6-3-7-12-28)29(26-17)19-8-4-2-5-9-19/h2,4-5,8-9,14H,3,6-7,10-13,15-16H2,1H3,(H,24,25,30). The van der Waals surface area contributed by atoms with Gasteiger partial charge in [-0.2, -0.15) is 5.10 Å². The second-order valence-corrected chi connectivity index (χ2v) is 8.72. The van der Waals surface area contributed by atoms with E-state index in [0.717, 1.165) is 50.5 Å². The molecule has 2 aliphatic rings. The number of piperidine rings is 1. The molecule has 0 amide bonds. The lowest BCUT2D eigenvalue weighted by atomic mass is 10.1. The van der Waals surface area contributed by atoms with Crippen molar-refractivity contribution < 1.29 is 0 Å². The molecule has 2 aliphatic heterocycles. The van der Waals surface area contributed by atoms with E-state index in [1.54, 1.807) is 0 Å². The van der Waals surface area contributed by atoms with Crippen LogP contribution in [0.15, 0.2) is 36.5 Å². The summed E-state index contributed by atoms with van der Waals surface area (Å²) < 4.78 is 2.74. The van der Waals surface area contributed by atoms with Gasteiger partial charge in [-0.25, -0.2) is 9.67 Å². The first-order chi connectivity index (χ1) is 14.7. The smallest absolute Gasteiger partial charge is 0.196 e. The van der Waals surface area contributed by atoms with Gasteiger partial charge in [0.25, 0.3) is 0 Å². The van der Waals surface area contributed by atoms with E-state index in [0.29, 0.717) is 4.77 Å². The molecule has 0 bridgehead atoms. The van der Waals surface area contributed by atoms with E-state index in [9.17, 15) is 0 Å². The summed E-state index contributed by atoms with van der Waals surface area (Å²) in [7, 11) is 0. The highest BCUT2D eigenvalue weighted by Crippen LogP contribution is 2.31. The van der Waals surface area contributed by atoms with Gasteiger partial charge in [0.05, 0.1) is 11.4 Å². The van der Waals surface area contributed by atoms with Crippen LogP contribution in [0.2, 0.25) is 0 Å². The number of aromatic nitrogens is 4. The van der Waals surface area contributed by atoms with Crippen molar-refractivity contribution in [3.8, 4) is 5.69 Å². The van der Waals surface area contributed by atoms with Crippen molar-refractivity contribution in [1.82, 2.24) is 24.6 Å². The minimum atomic E-state index is 0.578. The number of nitrogens with zero attached hydrogens (tertiary/aromatic N) is 5. The number of nitrogens with one attached hydrogen (secondary N) is 1. The molecule has 0 spiro atoms. The van der Waals surface area contributed by atoms with Gasteiger partial charge in [-0.1, -0.05) is 18.2 Å². The fraction of sp³-hybridized carbons (Fsp3) is 0.435. The van der Waals surface area contributed by atoms with E-state index in [4.69, 9.17) is 17.3 Å². The molecule has 156 valence electrons. The Hall–Kier alpha value is -2.51. The van der Waals surface area contributed by atoms with Crippen LogP contribution < -0.4 is 4.90 Å². The Kier molecular flexibility index (Phi) is 5.39. The molecule has 0 aliphatic carbocycles. The largest absolute Gasteiger partial charge is 0.356 e. The third kappa shape index (κ3) is 3.79. The van der Waals surface area contributed by atoms with Gasteiger partial charge in [0, 0.05) is 62.2 Å². The van der Waals surface area contributed by atoms with Crippen LogP contribution in [-0.4, -0.2) is 44.3 Å². The number of aryl methyl sites for hydroxylation is 1. The zero-order valence-corrected chi connectivity index (χ0v) is 18.3. The van der Waals surface area contributed by atoms with E-state index in [2.05, 4.69) is 61.7 Å². The van der Waals surface area contributed by atoms with Crippen LogP contribution in [0, 0.1) is 11.7 Å². The summed E-state index contributed by atoms with van der Waals surface area (Å²) in [6.07, 6.45) is 6.74. The van der Waals surface area contributed by atoms with Crippen molar-refractivity contribution in [3.63, 3.8) is 0 Å². The zero-order chi connectivity index (χ0) is 20.5. The first kappa shape index (κ1) is 19.5. The molecule has 5 rings (SSSR count). The van der Waals surface area contributed by atoms with Crippen molar-refractivity contribution in [2.24, 2.45) is 0 Å². The number of H-pyrrole nitrogens is 1. The lowest BCUT2D eigenvalue weighted by Crippen LogP contribution is -2.34. The number of aromatic amines is 1. The Balaban J connectivity index is 1.49. The molecule has 30 heavy (non-hydrogen) atoms. The topological polar surface area (TPSA) is 53.0 Å². The van der Waals surface area contributed by atoms with Gasteiger partial charge in [-0.15, -0.1) is 0 Å². The molecule has 2 aromatic heterocycles.